The monoisotopic (exact) mass is 254 g/mol. The first kappa shape index (κ1) is 12.8. The Bertz CT molecular complexity index is 424. The summed E-state index contributed by atoms with van der Waals surface area (Å²) in [5, 5.41) is 23.1. The molecule has 7 nitrogen and oxygen atoms in total. The van der Waals surface area contributed by atoms with Crippen LogP contribution in [0.3, 0.4) is 0 Å². The molecule has 0 bridgehead atoms. The predicted molar refractivity (Wildman–Crippen MR) is 66.3 cm³/mol. The molecule has 0 radical (unpaired) electrons. The van der Waals surface area contributed by atoms with Gasteiger partial charge in [0, 0.05) is 19.7 Å². The Morgan fingerprint density at radius 1 is 1.56 bits per heavy atom. The second-order valence-electron chi connectivity index (χ2n) is 4.83. The Hall–Kier alpha value is -1.63. The zero-order valence-corrected chi connectivity index (χ0v) is 10.4. The Balaban J connectivity index is 2.02. The first-order valence-electron chi connectivity index (χ1n) is 6.15. The Morgan fingerprint density at radius 3 is 2.78 bits per heavy atom. The minimum absolute atomic E-state index is 0.123. The zero-order chi connectivity index (χ0) is 13.1. The standard InChI is InChI=1S/C11H18N4O3/c1-14-7-12-10(15(17)18)11(14)13-9-4-2-8(6-16)3-5-9/h7-9,13,16H,2-6H2,1H3. The fourth-order valence-corrected chi connectivity index (χ4v) is 2.40. The van der Waals surface area contributed by atoms with E-state index < -0.39 is 4.92 Å². The summed E-state index contributed by atoms with van der Waals surface area (Å²) in [4.78, 5) is 14.1. The SMILES string of the molecule is Cn1cnc([N+](=O)[O-])c1NC1CCC(CO)CC1. The van der Waals surface area contributed by atoms with E-state index in [2.05, 4.69) is 10.3 Å². The van der Waals surface area contributed by atoms with E-state index in [-0.39, 0.29) is 18.5 Å². The molecule has 1 fully saturated rings. The molecule has 0 saturated heterocycles. The van der Waals surface area contributed by atoms with E-state index in [4.69, 9.17) is 5.11 Å². The summed E-state index contributed by atoms with van der Waals surface area (Å²) in [5.41, 5.74) is 0. The van der Waals surface area contributed by atoms with Gasteiger partial charge in [-0.15, -0.1) is 0 Å². The van der Waals surface area contributed by atoms with Gasteiger partial charge in [0.05, 0.1) is 0 Å². The van der Waals surface area contributed by atoms with Gasteiger partial charge in [-0.25, -0.2) is 0 Å². The number of nitro groups is 1. The lowest BCUT2D eigenvalue weighted by molar-refractivity contribution is -0.388. The van der Waals surface area contributed by atoms with Crippen LogP contribution >= 0.6 is 0 Å². The van der Waals surface area contributed by atoms with E-state index >= 15 is 0 Å². The number of hydrogen-bond acceptors (Lipinski definition) is 5. The van der Waals surface area contributed by atoms with Crippen molar-refractivity contribution in [2.75, 3.05) is 11.9 Å². The quantitative estimate of drug-likeness (QED) is 0.623. The Kier molecular flexibility index (Phi) is 3.81. The second-order valence-corrected chi connectivity index (χ2v) is 4.83. The third kappa shape index (κ3) is 2.61. The number of aliphatic hydroxyl groups excluding tert-OH is 1. The highest BCUT2D eigenvalue weighted by atomic mass is 16.6. The summed E-state index contributed by atoms with van der Waals surface area (Å²) in [7, 11) is 1.74. The van der Waals surface area contributed by atoms with Crippen molar-refractivity contribution in [2.24, 2.45) is 13.0 Å². The van der Waals surface area contributed by atoms with Gasteiger partial charge in [-0.05, 0) is 41.5 Å². The second kappa shape index (κ2) is 5.34. The van der Waals surface area contributed by atoms with E-state index in [9.17, 15) is 10.1 Å². The normalized spacial score (nSPS) is 23.9. The van der Waals surface area contributed by atoms with Crippen LogP contribution in [0.2, 0.25) is 0 Å². The van der Waals surface area contributed by atoms with Gasteiger partial charge in [0.25, 0.3) is 0 Å². The first-order chi connectivity index (χ1) is 8.61. The summed E-state index contributed by atoms with van der Waals surface area (Å²) in [5.74, 6) is 0.721. The molecule has 1 aromatic rings. The van der Waals surface area contributed by atoms with Gasteiger partial charge in [-0.2, -0.15) is 0 Å². The number of anilines is 1. The highest BCUT2D eigenvalue weighted by Crippen LogP contribution is 2.29. The van der Waals surface area contributed by atoms with Gasteiger partial charge in [-0.3, -0.25) is 4.57 Å². The van der Waals surface area contributed by atoms with Crippen LogP contribution in [0, 0.1) is 16.0 Å². The molecular formula is C11H18N4O3. The highest BCUT2D eigenvalue weighted by molar-refractivity contribution is 5.52. The number of rotatable bonds is 4. The van der Waals surface area contributed by atoms with Crippen LogP contribution in [-0.4, -0.2) is 32.2 Å². The molecule has 2 N–H and O–H groups in total. The fraction of sp³-hybridized carbons (Fsp3) is 0.727. The molecule has 1 heterocycles. The molecule has 1 aliphatic rings. The summed E-state index contributed by atoms with van der Waals surface area (Å²) >= 11 is 0. The molecule has 1 saturated carbocycles. The van der Waals surface area contributed by atoms with Gasteiger partial charge in [0.1, 0.15) is 0 Å². The predicted octanol–water partition coefficient (Wildman–Crippen LogP) is 1.29. The average Bonchev–Trinajstić information content (AvgIpc) is 2.72. The molecule has 2 rings (SSSR count). The number of nitrogens with one attached hydrogen (secondary N) is 1. The minimum atomic E-state index is -0.471. The van der Waals surface area contributed by atoms with E-state index in [0.29, 0.717) is 11.7 Å². The lowest BCUT2D eigenvalue weighted by Gasteiger charge is -2.28. The van der Waals surface area contributed by atoms with Crippen molar-refractivity contribution in [3.8, 4) is 0 Å². The number of aryl methyl sites for hydroxylation is 1. The highest BCUT2D eigenvalue weighted by Gasteiger charge is 2.25. The molecule has 0 amide bonds. The van der Waals surface area contributed by atoms with Crippen LogP contribution in [0.15, 0.2) is 6.33 Å². The molecule has 7 heteroatoms. The summed E-state index contributed by atoms with van der Waals surface area (Å²) in [6.45, 7) is 0.235. The third-order valence-corrected chi connectivity index (χ3v) is 3.54. The molecule has 1 aliphatic carbocycles. The van der Waals surface area contributed by atoms with E-state index in [1.807, 2.05) is 0 Å². The van der Waals surface area contributed by atoms with Crippen molar-refractivity contribution < 1.29 is 10.0 Å². The maximum atomic E-state index is 10.8. The number of nitrogens with zero attached hydrogens (tertiary/aromatic N) is 3. The van der Waals surface area contributed by atoms with Crippen LogP contribution in [-0.2, 0) is 7.05 Å². The number of hydrogen-bond donors (Lipinski definition) is 2. The molecule has 0 unspecified atom stereocenters. The molecule has 100 valence electrons. The van der Waals surface area contributed by atoms with E-state index in [0.717, 1.165) is 25.7 Å². The van der Waals surface area contributed by atoms with Crippen molar-refractivity contribution in [3.63, 3.8) is 0 Å². The van der Waals surface area contributed by atoms with Gasteiger partial charge >= 0.3 is 5.82 Å². The van der Waals surface area contributed by atoms with Crippen LogP contribution in [0.5, 0.6) is 0 Å². The molecule has 18 heavy (non-hydrogen) atoms. The molecule has 1 aromatic heterocycles. The van der Waals surface area contributed by atoms with Crippen molar-refractivity contribution >= 4 is 11.6 Å². The maximum absolute atomic E-state index is 10.8. The molecular weight excluding hydrogens is 236 g/mol. The number of imidazole rings is 1. The number of aliphatic hydroxyl groups is 1. The largest absolute Gasteiger partial charge is 0.406 e. The molecule has 0 aromatic carbocycles. The van der Waals surface area contributed by atoms with Crippen LogP contribution in [0.4, 0.5) is 11.6 Å². The molecule has 0 spiro atoms. The average molecular weight is 254 g/mol. The van der Waals surface area contributed by atoms with Gasteiger partial charge in [0.15, 0.2) is 0 Å². The third-order valence-electron chi connectivity index (χ3n) is 3.54. The molecule has 0 aliphatic heterocycles. The Labute approximate surface area is 105 Å². The lowest BCUT2D eigenvalue weighted by atomic mass is 9.86. The first-order valence-corrected chi connectivity index (χ1v) is 6.15. The Morgan fingerprint density at radius 2 is 2.22 bits per heavy atom. The van der Waals surface area contributed by atoms with Crippen molar-refractivity contribution in [3.05, 3.63) is 16.4 Å². The maximum Gasteiger partial charge on any atom is 0.406 e. The molecule has 0 atom stereocenters. The van der Waals surface area contributed by atoms with Gasteiger partial charge < -0.3 is 20.5 Å². The van der Waals surface area contributed by atoms with Gasteiger partial charge in [0.2, 0.25) is 12.1 Å². The summed E-state index contributed by atoms with van der Waals surface area (Å²) in [6, 6.07) is 0.224. The van der Waals surface area contributed by atoms with Crippen molar-refractivity contribution in [2.45, 2.75) is 31.7 Å². The minimum Gasteiger partial charge on any atom is -0.396 e. The van der Waals surface area contributed by atoms with Crippen molar-refractivity contribution in [1.82, 2.24) is 9.55 Å². The lowest BCUT2D eigenvalue weighted by Crippen LogP contribution is -2.28. The van der Waals surface area contributed by atoms with Crippen molar-refractivity contribution in [1.29, 1.82) is 0 Å². The van der Waals surface area contributed by atoms with E-state index in [1.54, 1.807) is 11.6 Å². The summed E-state index contributed by atoms with van der Waals surface area (Å²) in [6.07, 6.45) is 5.21. The van der Waals surface area contributed by atoms with Crippen LogP contribution in [0.25, 0.3) is 0 Å². The smallest absolute Gasteiger partial charge is 0.396 e. The van der Waals surface area contributed by atoms with Crippen LogP contribution in [0.1, 0.15) is 25.7 Å². The topological polar surface area (TPSA) is 93.2 Å². The van der Waals surface area contributed by atoms with Gasteiger partial charge in [-0.1, -0.05) is 0 Å². The number of aromatic nitrogens is 2. The van der Waals surface area contributed by atoms with E-state index in [1.165, 1.54) is 6.33 Å². The fourth-order valence-electron chi connectivity index (χ4n) is 2.40. The zero-order valence-electron chi connectivity index (χ0n) is 10.4. The van der Waals surface area contributed by atoms with Crippen LogP contribution < -0.4 is 5.32 Å². The summed E-state index contributed by atoms with van der Waals surface area (Å²) < 4.78 is 1.64.